The third kappa shape index (κ3) is 1.63. The van der Waals surface area contributed by atoms with Gasteiger partial charge in [0, 0.05) is 36.7 Å². The van der Waals surface area contributed by atoms with Crippen molar-refractivity contribution >= 4 is 10.9 Å². The van der Waals surface area contributed by atoms with Crippen LogP contribution in [0.25, 0.3) is 10.9 Å². The van der Waals surface area contributed by atoms with E-state index in [1.165, 1.54) is 34.9 Å². The lowest BCUT2D eigenvalue weighted by Gasteiger charge is -2.03. The number of benzene rings is 1. The maximum Gasteiger partial charge on any atom is 0.0483 e. The first-order valence-corrected chi connectivity index (χ1v) is 6.02. The van der Waals surface area contributed by atoms with Crippen molar-refractivity contribution in [3.05, 3.63) is 35.5 Å². The normalized spacial score (nSPS) is 15.9. The Morgan fingerprint density at radius 3 is 2.94 bits per heavy atom. The molecule has 0 spiro atoms. The standard InChI is InChI=1S/C14H18N2/c1-10-4-3-5-13-14(10)11(9-16(13)2)8-15-12-6-7-12/h3-5,9,12,15H,6-8H2,1-2H3. The Labute approximate surface area is 96.3 Å². The maximum atomic E-state index is 3.59. The van der Waals surface area contributed by atoms with Crippen LogP contribution in [-0.4, -0.2) is 10.6 Å². The minimum absolute atomic E-state index is 0.777. The van der Waals surface area contributed by atoms with Crippen molar-refractivity contribution in [2.75, 3.05) is 0 Å². The van der Waals surface area contributed by atoms with Gasteiger partial charge in [0.25, 0.3) is 0 Å². The Kier molecular flexibility index (Phi) is 2.25. The summed E-state index contributed by atoms with van der Waals surface area (Å²) >= 11 is 0. The van der Waals surface area contributed by atoms with E-state index in [1.807, 2.05) is 0 Å². The lowest BCUT2D eigenvalue weighted by molar-refractivity contribution is 0.689. The average Bonchev–Trinajstić information content (AvgIpc) is 3.03. The first-order chi connectivity index (χ1) is 7.75. The van der Waals surface area contributed by atoms with Crippen LogP contribution < -0.4 is 5.32 Å². The van der Waals surface area contributed by atoms with Gasteiger partial charge < -0.3 is 9.88 Å². The highest BCUT2D eigenvalue weighted by atomic mass is 15.0. The Morgan fingerprint density at radius 1 is 1.38 bits per heavy atom. The molecule has 1 heterocycles. The Bertz CT molecular complexity index is 521. The number of aryl methyl sites for hydroxylation is 2. The minimum atomic E-state index is 0.777. The van der Waals surface area contributed by atoms with Crippen LogP contribution >= 0.6 is 0 Å². The number of aromatic nitrogens is 1. The highest BCUT2D eigenvalue weighted by molar-refractivity contribution is 5.87. The molecule has 2 heteroatoms. The van der Waals surface area contributed by atoms with E-state index < -0.39 is 0 Å². The summed E-state index contributed by atoms with van der Waals surface area (Å²) in [6, 6.07) is 7.31. The SMILES string of the molecule is Cc1cccc2c1c(CNC1CC1)cn2C. The zero-order valence-electron chi connectivity index (χ0n) is 9.96. The molecule has 0 unspecified atom stereocenters. The molecule has 1 saturated carbocycles. The van der Waals surface area contributed by atoms with Crippen LogP contribution in [0.15, 0.2) is 24.4 Å². The smallest absolute Gasteiger partial charge is 0.0483 e. The van der Waals surface area contributed by atoms with Gasteiger partial charge in [-0.05, 0) is 37.0 Å². The van der Waals surface area contributed by atoms with Gasteiger partial charge in [-0.1, -0.05) is 12.1 Å². The molecule has 2 nitrogen and oxygen atoms in total. The molecule has 0 aliphatic heterocycles. The molecule has 1 aromatic carbocycles. The first kappa shape index (κ1) is 9.91. The summed E-state index contributed by atoms with van der Waals surface area (Å²) in [6.07, 6.45) is 4.96. The Hall–Kier alpha value is -1.28. The van der Waals surface area contributed by atoms with Crippen LogP contribution in [-0.2, 0) is 13.6 Å². The predicted molar refractivity (Wildman–Crippen MR) is 67.5 cm³/mol. The van der Waals surface area contributed by atoms with Crippen molar-refractivity contribution < 1.29 is 0 Å². The molecule has 0 bridgehead atoms. The second-order valence-corrected chi connectivity index (χ2v) is 4.89. The van der Waals surface area contributed by atoms with E-state index in [-0.39, 0.29) is 0 Å². The third-order valence-electron chi connectivity index (χ3n) is 3.46. The molecular weight excluding hydrogens is 196 g/mol. The van der Waals surface area contributed by atoms with Gasteiger partial charge in [0.15, 0.2) is 0 Å². The Balaban J connectivity index is 2.01. The Morgan fingerprint density at radius 2 is 2.19 bits per heavy atom. The first-order valence-electron chi connectivity index (χ1n) is 6.02. The number of hydrogen-bond acceptors (Lipinski definition) is 1. The molecular formula is C14H18N2. The van der Waals surface area contributed by atoms with Crippen molar-refractivity contribution in [3.63, 3.8) is 0 Å². The molecule has 0 amide bonds. The fourth-order valence-corrected chi connectivity index (χ4v) is 2.41. The molecule has 1 aliphatic rings. The fraction of sp³-hybridized carbons (Fsp3) is 0.429. The van der Waals surface area contributed by atoms with Crippen molar-refractivity contribution in [2.24, 2.45) is 7.05 Å². The molecule has 1 fully saturated rings. The number of nitrogens with zero attached hydrogens (tertiary/aromatic N) is 1. The van der Waals surface area contributed by atoms with E-state index in [0.29, 0.717) is 0 Å². The van der Waals surface area contributed by atoms with Gasteiger partial charge in [0.05, 0.1) is 0 Å². The van der Waals surface area contributed by atoms with Gasteiger partial charge in [-0.15, -0.1) is 0 Å². The summed E-state index contributed by atoms with van der Waals surface area (Å²) in [7, 11) is 2.13. The monoisotopic (exact) mass is 214 g/mol. The predicted octanol–water partition coefficient (Wildman–Crippen LogP) is 2.74. The van der Waals surface area contributed by atoms with Crippen molar-refractivity contribution in [1.82, 2.24) is 9.88 Å². The number of rotatable bonds is 3. The zero-order chi connectivity index (χ0) is 11.1. The summed E-state index contributed by atoms with van der Waals surface area (Å²) in [6.45, 7) is 3.20. The van der Waals surface area contributed by atoms with Crippen molar-refractivity contribution in [2.45, 2.75) is 32.4 Å². The van der Waals surface area contributed by atoms with E-state index >= 15 is 0 Å². The van der Waals surface area contributed by atoms with Gasteiger partial charge in [-0.25, -0.2) is 0 Å². The molecule has 2 aromatic rings. The molecule has 1 aliphatic carbocycles. The summed E-state index contributed by atoms with van der Waals surface area (Å²) in [5.41, 5.74) is 4.15. The molecule has 1 aromatic heterocycles. The van der Waals surface area contributed by atoms with E-state index in [4.69, 9.17) is 0 Å². The van der Waals surface area contributed by atoms with Gasteiger partial charge in [-0.2, -0.15) is 0 Å². The van der Waals surface area contributed by atoms with E-state index in [0.717, 1.165) is 12.6 Å². The van der Waals surface area contributed by atoms with Gasteiger partial charge in [0.1, 0.15) is 0 Å². The second-order valence-electron chi connectivity index (χ2n) is 4.89. The highest BCUT2D eigenvalue weighted by Crippen LogP contribution is 2.25. The second kappa shape index (κ2) is 3.63. The van der Waals surface area contributed by atoms with Gasteiger partial charge in [-0.3, -0.25) is 0 Å². The van der Waals surface area contributed by atoms with Crippen LogP contribution in [0.2, 0.25) is 0 Å². The van der Waals surface area contributed by atoms with E-state index in [9.17, 15) is 0 Å². The van der Waals surface area contributed by atoms with Crippen LogP contribution in [0.1, 0.15) is 24.0 Å². The summed E-state index contributed by atoms with van der Waals surface area (Å²) in [5, 5.41) is 5.02. The lowest BCUT2D eigenvalue weighted by atomic mass is 10.1. The molecule has 3 rings (SSSR count). The number of fused-ring (bicyclic) bond motifs is 1. The largest absolute Gasteiger partial charge is 0.350 e. The number of hydrogen-bond donors (Lipinski definition) is 1. The molecule has 16 heavy (non-hydrogen) atoms. The molecule has 84 valence electrons. The minimum Gasteiger partial charge on any atom is -0.350 e. The molecule has 0 atom stereocenters. The van der Waals surface area contributed by atoms with Crippen LogP contribution in [0.4, 0.5) is 0 Å². The summed E-state index contributed by atoms with van der Waals surface area (Å²) < 4.78 is 2.23. The van der Waals surface area contributed by atoms with E-state index in [2.05, 4.69) is 48.3 Å². The van der Waals surface area contributed by atoms with Crippen molar-refractivity contribution in [1.29, 1.82) is 0 Å². The van der Waals surface area contributed by atoms with Crippen LogP contribution in [0.5, 0.6) is 0 Å². The highest BCUT2D eigenvalue weighted by Gasteiger charge is 2.20. The summed E-state index contributed by atoms with van der Waals surface area (Å²) in [4.78, 5) is 0. The van der Waals surface area contributed by atoms with Gasteiger partial charge >= 0.3 is 0 Å². The fourth-order valence-electron chi connectivity index (χ4n) is 2.41. The van der Waals surface area contributed by atoms with Gasteiger partial charge in [0.2, 0.25) is 0 Å². The molecule has 1 N–H and O–H groups in total. The quantitative estimate of drug-likeness (QED) is 0.831. The maximum absolute atomic E-state index is 3.59. The van der Waals surface area contributed by atoms with E-state index in [1.54, 1.807) is 0 Å². The lowest BCUT2D eigenvalue weighted by Crippen LogP contribution is -2.15. The zero-order valence-corrected chi connectivity index (χ0v) is 9.96. The molecule has 0 saturated heterocycles. The number of nitrogens with one attached hydrogen (secondary N) is 1. The van der Waals surface area contributed by atoms with Crippen LogP contribution in [0.3, 0.4) is 0 Å². The van der Waals surface area contributed by atoms with Crippen molar-refractivity contribution in [3.8, 4) is 0 Å². The molecule has 0 radical (unpaired) electrons. The topological polar surface area (TPSA) is 17.0 Å². The van der Waals surface area contributed by atoms with Crippen LogP contribution in [0, 0.1) is 6.92 Å². The summed E-state index contributed by atoms with van der Waals surface area (Å²) in [5.74, 6) is 0. The third-order valence-corrected chi connectivity index (χ3v) is 3.46. The average molecular weight is 214 g/mol.